The second kappa shape index (κ2) is 5.15. The SMILES string of the molecule is COc1ccc(Sc2c(C#N)c(C)nn2C)cc1. The fourth-order valence-corrected chi connectivity index (χ4v) is 2.60. The van der Waals surface area contributed by atoms with Crippen LogP contribution in [-0.4, -0.2) is 16.9 Å². The summed E-state index contributed by atoms with van der Waals surface area (Å²) in [6.07, 6.45) is 0. The summed E-state index contributed by atoms with van der Waals surface area (Å²) in [5.41, 5.74) is 1.40. The molecule has 2 aromatic rings. The Morgan fingerprint density at radius 1 is 1.33 bits per heavy atom. The zero-order chi connectivity index (χ0) is 13.1. The van der Waals surface area contributed by atoms with Gasteiger partial charge in [0.2, 0.25) is 0 Å². The van der Waals surface area contributed by atoms with Crippen LogP contribution in [0.25, 0.3) is 0 Å². The Balaban J connectivity index is 2.31. The molecular weight excluding hydrogens is 246 g/mol. The molecule has 2 rings (SSSR count). The molecule has 0 bridgehead atoms. The maximum absolute atomic E-state index is 9.14. The first-order chi connectivity index (χ1) is 8.65. The highest BCUT2D eigenvalue weighted by Crippen LogP contribution is 2.32. The van der Waals surface area contributed by atoms with Crippen LogP contribution in [0.15, 0.2) is 34.2 Å². The fourth-order valence-electron chi connectivity index (χ4n) is 1.64. The number of hydrogen-bond donors (Lipinski definition) is 0. The average molecular weight is 259 g/mol. The van der Waals surface area contributed by atoms with Crippen LogP contribution in [0.5, 0.6) is 5.75 Å². The molecule has 1 heterocycles. The number of aromatic nitrogens is 2. The Labute approximate surface area is 110 Å². The molecule has 1 aromatic heterocycles. The number of rotatable bonds is 3. The van der Waals surface area contributed by atoms with Gasteiger partial charge in [0, 0.05) is 11.9 Å². The number of hydrogen-bond acceptors (Lipinski definition) is 4. The van der Waals surface area contributed by atoms with Gasteiger partial charge in [-0.05, 0) is 31.2 Å². The largest absolute Gasteiger partial charge is 0.497 e. The normalized spacial score (nSPS) is 10.1. The molecule has 0 saturated carbocycles. The summed E-state index contributed by atoms with van der Waals surface area (Å²) in [6.45, 7) is 1.84. The van der Waals surface area contributed by atoms with Gasteiger partial charge in [-0.3, -0.25) is 4.68 Å². The minimum atomic E-state index is 0.637. The standard InChI is InChI=1S/C13H13N3OS/c1-9-12(8-14)13(16(2)15-9)18-11-6-4-10(17-3)5-7-11/h4-7H,1-3H3. The fraction of sp³-hybridized carbons (Fsp3) is 0.231. The van der Waals surface area contributed by atoms with E-state index in [1.807, 2.05) is 38.2 Å². The molecule has 18 heavy (non-hydrogen) atoms. The number of ether oxygens (including phenoxy) is 1. The molecule has 0 N–H and O–H groups in total. The molecule has 0 atom stereocenters. The maximum atomic E-state index is 9.14. The Bertz CT molecular complexity index is 596. The van der Waals surface area contributed by atoms with Crippen LogP contribution < -0.4 is 4.74 Å². The molecule has 0 saturated heterocycles. The average Bonchev–Trinajstić information content (AvgIpc) is 2.64. The van der Waals surface area contributed by atoms with Gasteiger partial charge in [-0.15, -0.1) is 0 Å². The van der Waals surface area contributed by atoms with Gasteiger partial charge in [0.05, 0.1) is 12.8 Å². The molecule has 1 aromatic carbocycles. The van der Waals surface area contributed by atoms with Crippen molar-refractivity contribution >= 4 is 11.8 Å². The van der Waals surface area contributed by atoms with Crippen LogP contribution in [0.3, 0.4) is 0 Å². The van der Waals surface area contributed by atoms with Crippen LogP contribution >= 0.6 is 11.8 Å². The summed E-state index contributed by atoms with van der Waals surface area (Å²) in [6, 6.07) is 9.93. The van der Waals surface area contributed by atoms with Crippen LogP contribution in [0, 0.1) is 18.3 Å². The lowest BCUT2D eigenvalue weighted by Crippen LogP contribution is -1.92. The summed E-state index contributed by atoms with van der Waals surface area (Å²) in [4.78, 5) is 1.05. The minimum Gasteiger partial charge on any atom is -0.497 e. The van der Waals surface area contributed by atoms with Gasteiger partial charge in [-0.1, -0.05) is 11.8 Å². The van der Waals surface area contributed by atoms with E-state index in [0.717, 1.165) is 21.4 Å². The third-order valence-corrected chi connectivity index (χ3v) is 3.72. The molecule has 0 aliphatic rings. The highest BCUT2D eigenvalue weighted by molar-refractivity contribution is 7.99. The molecule has 4 nitrogen and oxygen atoms in total. The highest BCUT2D eigenvalue weighted by Gasteiger charge is 2.13. The third-order valence-electron chi connectivity index (χ3n) is 2.56. The smallest absolute Gasteiger partial charge is 0.118 e. The number of nitriles is 1. The van der Waals surface area contributed by atoms with Gasteiger partial charge in [0.25, 0.3) is 0 Å². The van der Waals surface area contributed by atoms with Crippen LogP contribution in [-0.2, 0) is 7.05 Å². The third kappa shape index (κ3) is 2.34. The first-order valence-electron chi connectivity index (χ1n) is 5.41. The van der Waals surface area contributed by atoms with E-state index in [2.05, 4.69) is 11.2 Å². The van der Waals surface area contributed by atoms with Crippen LogP contribution in [0.1, 0.15) is 11.3 Å². The van der Waals surface area contributed by atoms with Gasteiger partial charge in [-0.25, -0.2) is 0 Å². The second-order valence-corrected chi connectivity index (χ2v) is 4.84. The predicted molar refractivity (Wildman–Crippen MR) is 69.8 cm³/mol. The summed E-state index contributed by atoms with van der Waals surface area (Å²) in [5, 5.41) is 14.3. The van der Waals surface area contributed by atoms with Crippen LogP contribution in [0.2, 0.25) is 0 Å². The quantitative estimate of drug-likeness (QED) is 0.850. The van der Waals surface area contributed by atoms with Crippen molar-refractivity contribution in [3.8, 4) is 11.8 Å². The summed E-state index contributed by atoms with van der Waals surface area (Å²) in [5.74, 6) is 0.820. The van der Waals surface area contributed by atoms with E-state index in [9.17, 15) is 0 Å². The molecule has 0 aliphatic carbocycles. The molecule has 92 valence electrons. The highest BCUT2D eigenvalue weighted by atomic mass is 32.2. The molecule has 0 amide bonds. The Kier molecular flexibility index (Phi) is 3.58. The monoisotopic (exact) mass is 259 g/mol. The number of methoxy groups -OCH3 is 1. The summed E-state index contributed by atoms with van der Waals surface area (Å²) < 4.78 is 6.85. The number of nitrogens with zero attached hydrogens (tertiary/aromatic N) is 3. The van der Waals surface area contributed by atoms with Crippen molar-refractivity contribution in [2.75, 3.05) is 7.11 Å². The van der Waals surface area contributed by atoms with Gasteiger partial charge in [0.15, 0.2) is 0 Å². The van der Waals surface area contributed by atoms with Crippen LogP contribution in [0.4, 0.5) is 0 Å². The molecule has 0 unspecified atom stereocenters. The van der Waals surface area contributed by atoms with Crippen molar-refractivity contribution in [1.29, 1.82) is 5.26 Å². The van der Waals surface area contributed by atoms with E-state index in [1.54, 1.807) is 11.8 Å². The van der Waals surface area contributed by atoms with Gasteiger partial charge < -0.3 is 4.74 Å². The van der Waals surface area contributed by atoms with Crippen molar-refractivity contribution in [1.82, 2.24) is 9.78 Å². The Morgan fingerprint density at radius 3 is 2.56 bits per heavy atom. The number of aryl methyl sites for hydroxylation is 2. The lowest BCUT2D eigenvalue weighted by molar-refractivity contribution is 0.414. The molecule has 0 fully saturated rings. The topological polar surface area (TPSA) is 50.8 Å². The van der Waals surface area contributed by atoms with E-state index < -0.39 is 0 Å². The van der Waals surface area contributed by atoms with Gasteiger partial charge in [0.1, 0.15) is 22.4 Å². The van der Waals surface area contributed by atoms with Crippen molar-refractivity contribution in [3.05, 3.63) is 35.5 Å². The first-order valence-corrected chi connectivity index (χ1v) is 6.23. The zero-order valence-electron chi connectivity index (χ0n) is 10.5. The van der Waals surface area contributed by atoms with E-state index in [0.29, 0.717) is 5.56 Å². The van der Waals surface area contributed by atoms with Crippen molar-refractivity contribution in [2.45, 2.75) is 16.8 Å². The van der Waals surface area contributed by atoms with Gasteiger partial charge in [-0.2, -0.15) is 10.4 Å². The van der Waals surface area contributed by atoms with Gasteiger partial charge >= 0.3 is 0 Å². The zero-order valence-corrected chi connectivity index (χ0v) is 11.3. The van der Waals surface area contributed by atoms with Crippen molar-refractivity contribution in [2.24, 2.45) is 7.05 Å². The molecule has 5 heteroatoms. The predicted octanol–water partition coefficient (Wildman–Crippen LogP) is 2.76. The molecule has 0 aliphatic heterocycles. The van der Waals surface area contributed by atoms with E-state index in [1.165, 1.54) is 11.8 Å². The lowest BCUT2D eigenvalue weighted by atomic mass is 10.3. The van der Waals surface area contributed by atoms with E-state index in [4.69, 9.17) is 10.00 Å². The molecule has 0 radical (unpaired) electrons. The lowest BCUT2D eigenvalue weighted by Gasteiger charge is -2.04. The Hall–Kier alpha value is -1.93. The molecule has 0 spiro atoms. The Morgan fingerprint density at radius 2 is 2.00 bits per heavy atom. The van der Waals surface area contributed by atoms with E-state index in [-0.39, 0.29) is 0 Å². The molecular formula is C13H13N3OS. The van der Waals surface area contributed by atoms with E-state index >= 15 is 0 Å². The number of benzene rings is 1. The minimum absolute atomic E-state index is 0.637. The first kappa shape index (κ1) is 12.5. The summed E-state index contributed by atoms with van der Waals surface area (Å²) in [7, 11) is 3.49. The van der Waals surface area contributed by atoms with Crippen molar-refractivity contribution < 1.29 is 4.74 Å². The second-order valence-electron chi connectivity index (χ2n) is 3.78. The van der Waals surface area contributed by atoms with Crippen molar-refractivity contribution in [3.63, 3.8) is 0 Å². The summed E-state index contributed by atoms with van der Waals surface area (Å²) >= 11 is 1.53. The maximum Gasteiger partial charge on any atom is 0.118 e.